The van der Waals surface area contributed by atoms with Gasteiger partial charge < -0.3 is 0 Å². The molecule has 2 rings (SSSR count). The highest BCUT2D eigenvalue weighted by Crippen LogP contribution is 1.97. The lowest BCUT2D eigenvalue weighted by molar-refractivity contribution is 0.0939. The van der Waals surface area contributed by atoms with E-state index >= 15 is 0 Å². The lowest BCUT2D eigenvalue weighted by Gasteiger charge is -1.94. The molecule has 0 spiro atoms. The van der Waals surface area contributed by atoms with Crippen molar-refractivity contribution in [2.75, 3.05) is 0 Å². The first-order chi connectivity index (χ1) is 6.27. The molecule has 0 saturated carbocycles. The molecular weight excluding hydrogens is 168 g/mol. The number of aromatic nitrogens is 4. The molecule has 0 N–H and O–H groups in total. The molecule has 13 heavy (non-hydrogen) atoms. The first kappa shape index (κ1) is 7.72. The van der Waals surface area contributed by atoms with Crippen molar-refractivity contribution in [3.63, 3.8) is 0 Å². The van der Waals surface area contributed by atoms with Crippen LogP contribution in [0.3, 0.4) is 0 Å². The fourth-order valence-electron chi connectivity index (χ4n) is 1.04. The Balaban J connectivity index is 2.33. The fourth-order valence-corrected chi connectivity index (χ4v) is 1.04. The largest absolute Gasteiger partial charge is 0.298 e. The smallest absolute Gasteiger partial charge is 0.275 e. The van der Waals surface area contributed by atoms with Crippen LogP contribution in [0.25, 0.3) is 0 Å². The van der Waals surface area contributed by atoms with Gasteiger partial charge in [0, 0.05) is 25.6 Å². The van der Waals surface area contributed by atoms with Crippen LogP contribution in [0.4, 0.5) is 0 Å². The van der Waals surface area contributed by atoms with Gasteiger partial charge in [0.05, 0.1) is 0 Å². The molecule has 66 valence electrons. The highest BCUT2D eigenvalue weighted by molar-refractivity contribution is 5.93. The van der Waals surface area contributed by atoms with E-state index < -0.39 is 0 Å². The van der Waals surface area contributed by atoms with Crippen LogP contribution in [-0.4, -0.2) is 25.5 Å². The highest BCUT2D eigenvalue weighted by Gasteiger charge is 2.10. The van der Waals surface area contributed by atoms with E-state index in [1.165, 1.54) is 4.68 Å². The minimum absolute atomic E-state index is 0.217. The molecule has 0 radical (unpaired) electrons. The Hall–Kier alpha value is -1.91. The second-order valence-electron chi connectivity index (χ2n) is 2.63. The zero-order valence-electron chi connectivity index (χ0n) is 7.08. The zero-order chi connectivity index (χ0) is 9.26. The lowest BCUT2D eigenvalue weighted by atomic mass is 10.4. The van der Waals surface area contributed by atoms with Gasteiger partial charge in [-0.25, -0.2) is 4.68 Å². The third-order valence-electron chi connectivity index (χ3n) is 1.65. The minimum Gasteiger partial charge on any atom is -0.275 e. The maximum Gasteiger partial charge on any atom is 0.298 e. The van der Waals surface area contributed by atoms with E-state index in [0.717, 1.165) is 0 Å². The third kappa shape index (κ3) is 1.35. The van der Waals surface area contributed by atoms with Crippen LogP contribution in [0.1, 0.15) is 10.5 Å². The van der Waals surface area contributed by atoms with Crippen LogP contribution >= 0.6 is 0 Å². The lowest BCUT2D eigenvalue weighted by Crippen LogP contribution is -2.13. The molecule has 0 bridgehead atoms. The maximum atomic E-state index is 11.5. The number of aryl methyl sites for hydroxylation is 1. The Labute approximate surface area is 74.6 Å². The summed E-state index contributed by atoms with van der Waals surface area (Å²) in [7, 11) is 1.76. The van der Waals surface area contributed by atoms with Gasteiger partial charge >= 0.3 is 0 Å². The molecule has 0 saturated heterocycles. The molecule has 0 unspecified atom stereocenters. The summed E-state index contributed by atoms with van der Waals surface area (Å²) in [6.07, 6.45) is 4.87. The Morgan fingerprint density at radius 1 is 1.46 bits per heavy atom. The molecule has 0 amide bonds. The topological polar surface area (TPSA) is 52.7 Å². The van der Waals surface area contributed by atoms with Crippen molar-refractivity contribution in [2.24, 2.45) is 7.05 Å². The molecule has 0 aliphatic heterocycles. The minimum atomic E-state index is -0.217. The van der Waals surface area contributed by atoms with E-state index in [-0.39, 0.29) is 5.91 Å². The van der Waals surface area contributed by atoms with Gasteiger partial charge in [0.25, 0.3) is 5.91 Å². The number of carbonyl (C=O) groups excluding carboxylic acids is 1. The van der Waals surface area contributed by atoms with Gasteiger partial charge in [-0.2, -0.15) is 10.2 Å². The fraction of sp³-hybridized carbons (Fsp3) is 0.125. The summed E-state index contributed by atoms with van der Waals surface area (Å²) in [6, 6.07) is 3.35. The molecule has 0 aliphatic carbocycles. The van der Waals surface area contributed by atoms with Gasteiger partial charge in [-0.1, -0.05) is 0 Å². The second-order valence-corrected chi connectivity index (χ2v) is 2.63. The van der Waals surface area contributed by atoms with Crippen LogP contribution in [0.15, 0.2) is 30.7 Å². The molecule has 0 aromatic carbocycles. The van der Waals surface area contributed by atoms with Crippen molar-refractivity contribution in [3.05, 3.63) is 36.4 Å². The van der Waals surface area contributed by atoms with E-state index in [0.29, 0.717) is 5.69 Å². The molecule has 2 heterocycles. The Morgan fingerprint density at radius 3 is 2.85 bits per heavy atom. The molecule has 5 nitrogen and oxygen atoms in total. The van der Waals surface area contributed by atoms with E-state index in [1.807, 2.05) is 0 Å². The van der Waals surface area contributed by atoms with Crippen molar-refractivity contribution < 1.29 is 4.79 Å². The van der Waals surface area contributed by atoms with Gasteiger partial charge in [-0.05, 0) is 12.1 Å². The van der Waals surface area contributed by atoms with Crippen LogP contribution in [-0.2, 0) is 7.05 Å². The van der Waals surface area contributed by atoms with Crippen molar-refractivity contribution in [1.82, 2.24) is 19.6 Å². The van der Waals surface area contributed by atoms with E-state index in [2.05, 4.69) is 10.2 Å². The number of carbonyl (C=O) groups is 1. The van der Waals surface area contributed by atoms with Crippen LogP contribution in [0.2, 0.25) is 0 Å². The Bertz CT molecular complexity index is 415. The van der Waals surface area contributed by atoms with Gasteiger partial charge in [-0.3, -0.25) is 9.48 Å². The van der Waals surface area contributed by atoms with Crippen molar-refractivity contribution >= 4 is 5.91 Å². The monoisotopic (exact) mass is 176 g/mol. The van der Waals surface area contributed by atoms with Gasteiger partial charge in [0.15, 0.2) is 5.69 Å². The van der Waals surface area contributed by atoms with Crippen LogP contribution in [0, 0.1) is 0 Å². The average Bonchev–Trinajstić information content (AvgIpc) is 2.72. The van der Waals surface area contributed by atoms with Crippen molar-refractivity contribution in [3.8, 4) is 0 Å². The first-order valence-electron chi connectivity index (χ1n) is 3.81. The third-order valence-corrected chi connectivity index (χ3v) is 1.65. The molecule has 0 atom stereocenters. The molecular formula is C8H8N4O. The average molecular weight is 176 g/mol. The summed E-state index contributed by atoms with van der Waals surface area (Å²) in [4.78, 5) is 11.5. The second kappa shape index (κ2) is 2.85. The highest BCUT2D eigenvalue weighted by atomic mass is 16.2. The summed E-state index contributed by atoms with van der Waals surface area (Å²) in [5.41, 5.74) is 0.395. The summed E-state index contributed by atoms with van der Waals surface area (Å²) in [5.74, 6) is -0.217. The molecule has 2 aromatic heterocycles. The van der Waals surface area contributed by atoms with Gasteiger partial charge in [0.2, 0.25) is 0 Å². The van der Waals surface area contributed by atoms with E-state index in [4.69, 9.17) is 0 Å². The predicted octanol–water partition coefficient (Wildman–Crippen LogP) is 0.305. The standard InChI is InChI=1S/C8H8N4O/c1-11-6-3-7(10-11)8(13)12-5-2-4-9-12/h2-6H,1H3. The first-order valence-corrected chi connectivity index (χ1v) is 3.81. The Morgan fingerprint density at radius 2 is 2.31 bits per heavy atom. The number of hydrogen-bond acceptors (Lipinski definition) is 3. The predicted molar refractivity (Wildman–Crippen MR) is 45.2 cm³/mol. The number of hydrogen-bond donors (Lipinski definition) is 0. The normalized spacial score (nSPS) is 10.2. The van der Waals surface area contributed by atoms with E-state index in [9.17, 15) is 4.79 Å². The molecule has 0 aliphatic rings. The summed E-state index contributed by atoms with van der Waals surface area (Å²) < 4.78 is 2.83. The Kier molecular flexibility index (Phi) is 1.70. The van der Waals surface area contributed by atoms with E-state index in [1.54, 1.807) is 42.5 Å². The van der Waals surface area contributed by atoms with Crippen molar-refractivity contribution in [1.29, 1.82) is 0 Å². The van der Waals surface area contributed by atoms with Crippen molar-refractivity contribution in [2.45, 2.75) is 0 Å². The number of rotatable bonds is 1. The summed E-state index contributed by atoms with van der Waals surface area (Å²) >= 11 is 0. The molecule has 5 heteroatoms. The maximum absolute atomic E-state index is 11.5. The summed E-state index contributed by atoms with van der Waals surface area (Å²) in [6.45, 7) is 0. The van der Waals surface area contributed by atoms with Gasteiger partial charge in [0.1, 0.15) is 0 Å². The van der Waals surface area contributed by atoms with Gasteiger partial charge in [-0.15, -0.1) is 0 Å². The summed E-state index contributed by atoms with van der Waals surface area (Å²) in [5, 5.41) is 7.79. The SMILES string of the molecule is Cn1ccc(C(=O)n2cccn2)n1. The molecule has 0 fully saturated rings. The molecule has 2 aromatic rings. The van der Waals surface area contributed by atoms with Crippen LogP contribution in [0.5, 0.6) is 0 Å². The quantitative estimate of drug-likeness (QED) is 0.628. The zero-order valence-corrected chi connectivity index (χ0v) is 7.08. The van der Waals surface area contributed by atoms with Crippen LogP contribution < -0.4 is 0 Å². The number of nitrogens with zero attached hydrogens (tertiary/aromatic N) is 4.